The second kappa shape index (κ2) is 5.48. The van der Waals surface area contributed by atoms with Crippen molar-refractivity contribution in [3.63, 3.8) is 0 Å². The maximum Gasteiger partial charge on any atom is 0.240 e. The van der Waals surface area contributed by atoms with Gasteiger partial charge in [0.15, 0.2) is 0 Å². The van der Waals surface area contributed by atoms with Crippen LogP contribution >= 0.6 is 0 Å². The first-order valence-corrected chi connectivity index (χ1v) is 6.83. The van der Waals surface area contributed by atoms with E-state index in [2.05, 4.69) is 27.4 Å². The Hall–Kier alpha value is -1.75. The van der Waals surface area contributed by atoms with E-state index in [0.29, 0.717) is 18.3 Å². The number of nitrogens with one attached hydrogen (secondary N) is 1. The number of nitrogens with zero attached hydrogens (tertiary/aromatic N) is 3. The Balaban J connectivity index is 1.68. The first-order valence-electron chi connectivity index (χ1n) is 6.83. The molecule has 1 N–H and O–H groups in total. The molecule has 1 saturated carbocycles. The van der Waals surface area contributed by atoms with Crippen molar-refractivity contribution in [2.75, 3.05) is 6.54 Å². The molecular weight excluding hydrogens is 240 g/mol. The lowest BCUT2D eigenvalue weighted by Crippen LogP contribution is -2.16. The minimum Gasteiger partial charge on any atom is -0.338 e. The zero-order chi connectivity index (χ0) is 13.1. The summed E-state index contributed by atoms with van der Waals surface area (Å²) in [5.41, 5.74) is 2.15. The van der Waals surface area contributed by atoms with E-state index in [1.807, 2.05) is 12.3 Å². The van der Waals surface area contributed by atoms with Crippen molar-refractivity contribution >= 4 is 0 Å². The van der Waals surface area contributed by atoms with Crippen molar-refractivity contribution in [3.8, 4) is 11.4 Å². The summed E-state index contributed by atoms with van der Waals surface area (Å²) in [5.74, 6) is 2.16. The van der Waals surface area contributed by atoms with Crippen LogP contribution in [0.4, 0.5) is 0 Å². The van der Waals surface area contributed by atoms with Gasteiger partial charge in [-0.1, -0.05) is 12.1 Å². The number of aromatic nitrogens is 3. The summed E-state index contributed by atoms with van der Waals surface area (Å²) in [5, 5.41) is 7.40. The molecule has 0 bridgehead atoms. The van der Waals surface area contributed by atoms with E-state index < -0.39 is 0 Å². The SMILES string of the molecule is CCc1cnccc1-c1noc(CNCC2CC2)n1. The van der Waals surface area contributed by atoms with Crippen molar-refractivity contribution in [2.24, 2.45) is 5.92 Å². The first-order chi connectivity index (χ1) is 9.36. The van der Waals surface area contributed by atoms with Crippen LogP contribution in [0.3, 0.4) is 0 Å². The van der Waals surface area contributed by atoms with Crippen LogP contribution in [0.2, 0.25) is 0 Å². The molecule has 0 spiro atoms. The molecule has 1 aliphatic rings. The van der Waals surface area contributed by atoms with Crippen molar-refractivity contribution < 1.29 is 4.52 Å². The van der Waals surface area contributed by atoms with Gasteiger partial charge < -0.3 is 9.84 Å². The molecule has 0 aliphatic heterocycles. The fourth-order valence-electron chi connectivity index (χ4n) is 2.07. The Morgan fingerprint density at radius 1 is 1.42 bits per heavy atom. The van der Waals surface area contributed by atoms with Crippen LogP contribution in [0.25, 0.3) is 11.4 Å². The lowest BCUT2D eigenvalue weighted by atomic mass is 10.1. The monoisotopic (exact) mass is 258 g/mol. The van der Waals surface area contributed by atoms with Crippen molar-refractivity contribution in [2.45, 2.75) is 32.7 Å². The maximum absolute atomic E-state index is 5.28. The number of hydrogen-bond donors (Lipinski definition) is 1. The molecule has 0 aromatic carbocycles. The van der Waals surface area contributed by atoms with Gasteiger partial charge in [-0.05, 0) is 43.4 Å². The van der Waals surface area contributed by atoms with Crippen LogP contribution in [-0.2, 0) is 13.0 Å². The summed E-state index contributed by atoms with van der Waals surface area (Å²) in [6.07, 6.45) is 7.22. The minimum atomic E-state index is 0.648. The third-order valence-corrected chi connectivity index (χ3v) is 3.40. The predicted octanol–water partition coefficient (Wildman–Crippen LogP) is 2.19. The molecule has 2 heterocycles. The van der Waals surface area contributed by atoms with Crippen molar-refractivity contribution in [3.05, 3.63) is 29.9 Å². The quantitative estimate of drug-likeness (QED) is 0.860. The Kier molecular flexibility index (Phi) is 3.55. The Morgan fingerprint density at radius 2 is 2.32 bits per heavy atom. The van der Waals surface area contributed by atoms with Gasteiger partial charge in [-0.25, -0.2) is 0 Å². The number of pyridine rings is 1. The van der Waals surface area contributed by atoms with E-state index in [0.717, 1.165) is 30.0 Å². The zero-order valence-electron chi connectivity index (χ0n) is 11.1. The summed E-state index contributed by atoms with van der Waals surface area (Å²) in [4.78, 5) is 8.56. The highest BCUT2D eigenvalue weighted by atomic mass is 16.5. The Morgan fingerprint density at radius 3 is 3.11 bits per heavy atom. The van der Waals surface area contributed by atoms with Gasteiger partial charge in [0.25, 0.3) is 0 Å². The highest BCUT2D eigenvalue weighted by Gasteiger charge is 2.20. The second-order valence-electron chi connectivity index (χ2n) is 4.97. The molecule has 100 valence electrons. The Bertz CT molecular complexity index is 548. The fourth-order valence-corrected chi connectivity index (χ4v) is 2.07. The first kappa shape index (κ1) is 12.3. The highest BCUT2D eigenvalue weighted by Crippen LogP contribution is 2.27. The molecule has 5 nitrogen and oxygen atoms in total. The molecule has 1 fully saturated rings. The van der Waals surface area contributed by atoms with Gasteiger partial charge in [-0.3, -0.25) is 4.98 Å². The van der Waals surface area contributed by atoms with E-state index in [4.69, 9.17) is 4.52 Å². The Labute approximate surface area is 112 Å². The van der Waals surface area contributed by atoms with Crippen LogP contribution in [0.15, 0.2) is 23.0 Å². The molecule has 2 aromatic rings. The lowest BCUT2D eigenvalue weighted by molar-refractivity contribution is 0.367. The average Bonchev–Trinajstić information content (AvgIpc) is 3.15. The molecular formula is C14H18N4O. The highest BCUT2D eigenvalue weighted by molar-refractivity contribution is 5.58. The molecule has 0 amide bonds. The van der Waals surface area contributed by atoms with Crippen molar-refractivity contribution in [1.82, 2.24) is 20.4 Å². The van der Waals surface area contributed by atoms with Crippen molar-refractivity contribution in [1.29, 1.82) is 0 Å². The number of rotatable bonds is 6. The summed E-state index contributed by atoms with van der Waals surface area (Å²) in [7, 11) is 0. The molecule has 1 aliphatic carbocycles. The lowest BCUT2D eigenvalue weighted by Gasteiger charge is -2.01. The second-order valence-corrected chi connectivity index (χ2v) is 4.97. The van der Waals surface area contributed by atoms with Gasteiger partial charge in [-0.2, -0.15) is 4.98 Å². The fraction of sp³-hybridized carbons (Fsp3) is 0.500. The molecule has 5 heteroatoms. The van der Waals surface area contributed by atoms with Crippen LogP contribution in [0.1, 0.15) is 31.2 Å². The van der Waals surface area contributed by atoms with E-state index in [-0.39, 0.29) is 0 Å². The summed E-state index contributed by atoms with van der Waals surface area (Å²) in [6.45, 7) is 3.79. The van der Waals surface area contributed by atoms with Crippen LogP contribution < -0.4 is 5.32 Å². The van der Waals surface area contributed by atoms with E-state index in [1.165, 1.54) is 12.8 Å². The average molecular weight is 258 g/mol. The maximum atomic E-state index is 5.28. The molecule has 19 heavy (non-hydrogen) atoms. The number of hydrogen-bond acceptors (Lipinski definition) is 5. The third-order valence-electron chi connectivity index (χ3n) is 3.40. The predicted molar refractivity (Wildman–Crippen MR) is 71.3 cm³/mol. The normalized spacial score (nSPS) is 14.8. The van der Waals surface area contributed by atoms with Gasteiger partial charge in [0, 0.05) is 18.0 Å². The van der Waals surface area contributed by atoms with Crippen LogP contribution in [0, 0.1) is 5.92 Å². The largest absolute Gasteiger partial charge is 0.338 e. The standard InChI is InChI=1S/C14H18N4O/c1-2-11-8-15-6-5-12(11)14-17-13(19-18-14)9-16-7-10-3-4-10/h5-6,8,10,16H,2-4,7,9H2,1H3. The molecule has 0 saturated heterocycles. The van der Waals surface area contributed by atoms with Gasteiger partial charge in [0.1, 0.15) is 0 Å². The molecule has 3 rings (SSSR count). The van der Waals surface area contributed by atoms with Gasteiger partial charge in [-0.15, -0.1) is 0 Å². The summed E-state index contributed by atoms with van der Waals surface area (Å²) in [6, 6.07) is 1.94. The van der Waals surface area contributed by atoms with Gasteiger partial charge >= 0.3 is 0 Å². The minimum absolute atomic E-state index is 0.648. The number of aryl methyl sites for hydroxylation is 1. The molecule has 0 radical (unpaired) electrons. The third kappa shape index (κ3) is 2.98. The summed E-state index contributed by atoms with van der Waals surface area (Å²) < 4.78 is 5.28. The topological polar surface area (TPSA) is 63.8 Å². The van der Waals surface area contributed by atoms with Gasteiger partial charge in [0.2, 0.25) is 11.7 Å². The van der Waals surface area contributed by atoms with Gasteiger partial charge in [0.05, 0.1) is 6.54 Å². The van der Waals surface area contributed by atoms with Crippen LogP contribution in [0.5, 0.6) is 0 Å². The van der Waals surface area contributed by atoms with Crippen LogP contribution in [-0.4, -0.2) is 21.7 Å². The van der Waals surface area contributed by atoms with E-state index in [1.54, 1.807) is 6.20 Å². The molecule has 2 aromatic heterocycles. The van der Waals surface area contributed by atoms with E-state index in [9.17, 15) is 0 Å². The molecule has 0 atom stereocenters. The zero-order valence-corrected chi connectivity index (χ0v) is 11.1. The molecule has 0 unspecified atom stereocenters. The van der Waals surface area contributed by atoms with E-state index >= 15 is 0 Å². The summed E-state index contributed by atoms with van der Waals surface area (Å²) >= 11 is 0. The smallest absolute Gasteiger partial charge is 0.240 e.